The van der Waals surface area contributed by atoms with Gasteiger partial charge in [-0.1, -0.05) is 11.6 Å². The molecular formula is C42H42ClFN8O6. The van der Waals surface area contributed by atoms with Gasteiger partial charge in [0.25, 0.3) is 17.7 Å². The largest absolute Gasteiger partial charge is 0.490 e. The summed E-state index contributed by atoms with van der Waals surface area (Å²) in [5.74, 6) is -1.27. The molecule has 5 amide bonds. The lowest BCUT2D eigenvalue weighted by atomic mass is 9.92. The van der Waals surface area contributed by atoms with Crippen LogP contribution in [0.25, 0.3) is 0 Å². The van der Waals surface area contributed by atoms with Gasteiger partial charge < -0.3 is 19.9 Å². The second-order valence-corrected chi connectivity index (χ2v) is 16.6. The Morgan fingerprint density at radius 1 is 0.931 bits per heavy atom. The Bertz CT molecular complexity index is 2220. The number of imide groups is 2. The first kappa shape index (κ1) is 38.0. The zero-order valence-electron chi connectivity index (χ0n) is 31.7. The second kappa shape index (κ2) is 15.3. The lowest BCUT2D eigenvalue weighted by Gasteiger charge is -2.36. The van der Waals surface area contributed by atoms with Crippen LogP contribution in [0.15, 0.2) is 48.7 Å². The zero-order chi connectivity index (χ0) is 40.2. The van der Waals surface area contributed by atoms with Crippen molar-refractivity contribution in [1.29, 1.82) is 5.26 Å². The molecule has 2 aromatic carbocycles. The van der Waals surface area contributed by atoms with Crippen molar-refractivity contribution in [2.45, 2.75) is 56.7 Å². The molecule has 4 aliphatic heterocycles. The molecule has 4 atom stereocenters. The number of carbonyl (C=O) groups is 5. The summed E-state index contributed by atoms with van der Waals surface area (Å²) in [6, 6.07) is 12.4. The number of piperazine rings is 1. The van der Waals surface area contributed by atoms with E-state index in [-0.39, 0.29) is 42.0 Å². The number of rotatable bonds is 9. The van der Waals surface area contributed by atoms with E-state index in [0.717, 1.165) is 75.1 Å². The molecule has 2 aliphatic carbocycles. The van der Waals surface area contributed by atoms with Crippen LogP contribution < -0.4 is 25.2 Å². The van der Waals surface area contributed by atoms with Crippen molar-refractivity contribution in [3.05, 3.63) is 81.9 Å². The Labute approximate surface area is 339 Å². The van der Waals surface area contributed by atoms with Crippen LogP contribution in [0, 0.1) is 34.9 Å². The van der Waals surface area contributed by atoms with Gasteiger partial charge in [-0.25, -0.2) is 9.37 Å². The highest BCUT2D eigenvalue weighted by molar-refractivity contribution is 6.31. The lowest BCUT2D eigenvalue weighted by Crippen LogP contribution is -2.54. The van der Waals surface area contributed by atoms with E-state index in [2.05, 4.69) is 25.4 Å². The van der Waals surface area contributed by atoms with Crippen molar-refractivity contribution >= 4 is 52.5 Å². The van der Waals surface area contributed by atoms with Gasteiger partial charge in [0.2, 0.25) is 11.8 Å². The predicted octanol–water partition coefficient (Wildman–Crippen LogP) is 3.77. The maximum absolute atomic E-state index is 15.4. The average molecular weight is 809 g/mol. The van der Waals surface area contributed by atoms with E-state index in [9.17, 15) is 24.0 Å². The number of carbonyl (C=O) groups excluding carboxylic acids is 5. The molecule has 16 heteroatoms. The maximum Gasteiger partial charge on any atom is 0.270 e. The third kappa shape index (κ3) is 7.24. The fraction of sp³-hybridized carbons (Fsp3) is 0.452. The molecule has 0 radical (unpaired) electrons. The number of benzene rings is 2. The van der Waals surface area contributed by atoms with Crippen molar-refractivity contribution in [2.75, 3.05) is 55.6 Å². The molecule has 58 heavy (non-hydrogen) atoms. The topological polar surface area (TPSA) is 168 Å². The molecule has 9 rings (SSSR count). The molecule has 14 nitrogen and oxygen atoms in total. The fourth-order valence-electron chi connectivity index (χ4n) is 9.47. The van der Waals surface area contributed by atoms with Gasteiger partial charge in [0, 0.05) is 64.3 Å². The highest BCUT2D eigenvalue weighted by atomic mass is 35.5. The molecule has 5 heterocycles. The number of hydrogen-bond donors (Lipinski definition) is 2. The van der Waals surface area contributed by atoms with E-state index in [0.29, 0.717) is 58.6 Å². The first-order valence-electron chi connectivity index (χ1n) is 19.9. The molecule has 0 bridgehead atoms. The van der Waals surface area contributed by atoms with Crippen LogP contribution in [0.1, 0.15) is 75.3 Å². The number of halogens is 2. The van der Waals surface area contributed by atoms with Gasteiger partial charge >= 0.3 is 0 Å². The zero-order valence-corrected chi connectivity index (χ0v) is 32.4. The molecule has 300 valence electrons. The summed E-state index contributed by atoms with van der Waals surface area (Å²) in [4.78, 5) is 75.6. The van der Waals surface area contributed by atoms with E-state index in [1.165, 1.54) is 6.07 Å². The van der Waals surface area contributed by atoms with Gasteiger partial charge in [-0.3, -0.25) is 39.1 Å². The molecule has 2 N–H and O–H groups in total. The van der Waals surface area contributed by atoms with E-state index in [4.69, 9.17) is 21.6 Å². The summed E-state index contributed by atoms with van der Waals surface area (Å²) in [6.07, 6.45) is 5.01. The number of pyridine rings is 1. The van der Waals surface area contributed by atoms with Gasteiger partial charge in [-0.2, -0.15) is 5.26 Å². The maximum atomic E-state index is 15.4. The summed E-state index contributed by atoms with van der Waals surface area (Å²) in [7, 11) is 0. The van der Waals surface area contributed by atoms with Gasteiger partial charge in [0.05, 0.1) is 45.4 Å². The van der Waals surface area contributed by atoms with Crippen molar-refractivity contribution in [3.63, 3.8) is 0 Å². The van der Waals surface area contributed by atoms with Crippen LogP contribution in [0.2, 0.25) is 5.02 Å². The summed E-state index contributed by atoms with van der Waals surface area (Å²) < 4.78 is 21.5. The Morgan fingerprint density at radius 3 is 2.31 bits per heavy atom. The number of ether oxygens (including phenoxy) is 1. The van der Waals surface area contributed by atoms with E-state index < -0.39 is 35.5 Å². The minimum absolute atomic E-state index is 0.0180. The number of nitrogens with zero attached hydrogens (tertiary/aromatic N) is 6. The molecule has 2 saturated carbocycles. The standard InChI is InChI=1S/C42H42ClFN8O6/c43-33-15-27(5-1-23(33)18-45)58-26-6-2-24(3-7-26)47-39(54)35-8-4-25(19-46-35)50-13-11-49(12-14-50)20-30-31-21-51(22-32(30)31)37-17-29-28(16-34(37)44)41(56)52(42(29)57)36-9-10-38(53)48-40(36)55/h1,4-5,8,15-17,19,24,26,30-32,36H,2-3,6-7,9-14,20-22H2,(H,47,54)(H,48,53,55)/t24-,26-,30-,31-,32+,36?. The highest BCUT2D eigenvalue weighted by Gasteiger charge is 2.56. The number of nitriles is 1. The molecule has 1 aromatic heterocycles. The van der Waals surface area contributed by atoms with Crippen LogP contribution in [-0.2, 0) is 9.59 Å². The summed E-state index contributed by atoms with van der Waals surface area (Å²) in [6.45, 7) is 5.76. The number of nitrogens with one attached hydrogen (secondary N) is 2. The minimum Gasteiger partial charge on any atom is -0.490 e. The van der Waals surface area contributed by atoms with E-state index >= 15 is 4.39 Å². The monoisotopic (exact) mass is 808 g/mol. The summed E-state index contributed by atoms with van der Waals surface area (Å²) in [5.41, 5.74) is 2.10. The Balaban J connectivity index is 0.711. The summed E-state index contributed by atoms with van der Waals surface area (Å²) >= 11 is 6.14. The van der Waals surface area contributed by atoms with Crippen LogP contribution >= 0.6 is 11.6 Å². The molecule has 1 unspecified atom stereocenters. The number of fused-ring (bicyclic) bond motifs is 2. The first-order valence-corrected chi connectivity index (χ1v) is 20.3. The summed E-state index contributed by atoms with van der Waals surface area (Å²) in [5, 5.41) is 14.8. The smallest absolute Gasteiger partial charge is 0.270 e. The Hall–Kier alpha value is -5.59. The van der Waals surface area contributed by atoms with Crippen LogP contribution in [0.5, 0.6) is 5.75 Å². The Morgan fingerprint density at radius 2 is 1.66 bits per heavy atom. The molecule has 6 aliphatic rings. The lowest BCUT2D eigenvalue weighted by molar-refractivity contribution is -0.136. The van der Waals surface area contributed by atoms with Gasteiger partial charge in [-0.05, 0) is 86.3 Å². The average Bonchev–Trinajstić information content (AvgIpc) is 3.52. The number of aromatic nitrogens is 1. The van der Waals surface area contributed by atoms with Gasteiger partial charge in [0.15, 0.2) is 0 Å². The Kier molecular flexibility index (Phi) is 10.0. The van der Waals surface area contributed by atoms with Crippen molar-refractivity contribution < 1.29 is 33.1 Å². The number of hydrogen-bond acceptors (Lipinski definition) is 11. The number of anilines is 2. The normalized spacial score (nSPS) is 26.9. The predicted molar refractivity (Wildman–Crippen MR) is 209 cm³/mol. The van der Waals surface area contributed by atoms with Crippen molar-refractivity contribution in [1.82, 2.24) is 25.4 Å². The molecule has 3 saturated heterocycles. The first-order chi connectivity index (χ1) is 28.0. The molecule has 0 spiro atoms. The van der Waals surface area contributed by atoms with E-state index in [1.54, 1.807) is 30.5 Å². The van der Waals surface area contributed by atoms with E-state index in [1.807, 2.05) is 17.0 Å². The fourth-order valence-corrected chi connectivity index (χ4v) is 9.68. The van der Waals surface area contributed by atoms with Crippen LogP contribution in [-0.4, -0.2) is 108 Å². The third-order valence-electron chi connectivity index (χ3n) is 12.8. The second-order valence-electron chi connectivity index (χ2n) is 16.2. The quantitative estimate of drug-likeness (QED) is 0.302. The van der Waals surface area contributed by atoms with Crippen molar-refractivity contribution in [3.8, 4) is 11.8 Å². The van der Waals surface area contributed by atoms with Crippen LogP contribution in [0.4, 0.5) is 15.8 Å². The van der Waals surface area contributed by atoms with Crippen LogP contribution in [0.3, 0.4) is 0 Å². The molecule has 5 fully saturated rings. The molecule has 3 aromatic rings. The minimum atomic E-state index is -1.09. The van der Waals surface area contributed by atoms with Gasteiger partial charge in [0.1, 0.15) is 29.4 Å². The van der Waals surface area contributed by atoms with Gasteiger partial charge in [-0.15, -0.1) is 0 Å². The SMILES string of the molecule is N#Cc1ccc(O[C@H]2CC[C@H](NC(=O)c3ccc(N4CCN(C[C@@H]5[C@H]6CN(c7cc8c(cc7F)C(=O)N(C7CCC(=O)NC7=O)C8=O)C[C@@H]56)CC4)cn3)CC2)cc1Cl. The molecular weight excluding hydrogens is 767 g/mol. The van der Waals surface area contributed by atoms with Crippen molar-refractivity contribution in [2.24, 2.45) is 17.8 Å². The number of amides is 5. The third-order valence-corrected chi connectivity index (χ3v) is 13.1. The highest BCUT2D eigenvalue weighted by Crippen LogP contribution is 2.53. The number of piperidine rings is 2.